The van der Waals surface area contributed by atoms with Crippen molar-refractivity contribution in [1.82, 2.24) is 0 Å². The van der Waals surface area contributed by atoms with E-state index in [2.05, 4.69) is 0 Å². The number of rotatable bonds is 5. The number of hydrogen-bond acceptors (Lipinski definition) is 2. The summed E-state index contributed by atoms with van der Waals surface area (Å²) in [5, 5.41) is 0. The van der Waals surface area contributed by atoms with E-state index in [0.29, 0.717) is 16.7 Å². The highest BCUT2D eigenvalue weighted by Crippen LogP contribution is 2.14. The van der Waals surface area contributed by atoms with Crippen LogP contribution >= 0.6 is 12.2 Å². The number of nitrogens with two attached hydrogens (primary N) is 1. The zero-order valence-electron chi connectivity index (χ0n) is 10.6. The first-order valence-corrected chi connectivity index (χ1v) is 6.38. The van der Waals surface area contributed by atoms with Gasteiger partial charge >= 0.3 is 0 Å². The molecule has 104 valence electrons. The van der Waals surface area contributed by atoms with Gasteiger partial charge in [-0.25, -0.2) is 8.78 Å². The topological polar surface area (TPSA) is 35.2 Å². The molecule has 5 heteroatoms. The van der Waals surface area contributed by atoms with Gasteiger partial charge in [-0.2, -0.15) is 0 Å². The summed E-state index contributed by atoms with van der Waals surface area (Å²) in [6.45, 7) is 0.140. The first kappa shape index (κ1) is 14.6. The fraction of sp³-hybridized carbons (Fsp3) is 0.133. The molecule has 0 aliphatic rings. The minimum absolute atomic E-state index is 0.0534. The van der Waals surface area contributed by atoms with Crippen molar-refractivity contribution in [2.24, 2.45) is 5.73 Å². The van der Waals surface area contributed by atoms with Gasteiger partial charge in [-0.05, 0) is 12.1 Å². The standard InChI is InChI=1S/C15H13F2NOS/c16-13-4-2-1-3-11(13)8-19-9-12-6-5-10(15(18)20)7-14(12)17/h1-7H,8-9H2,(H2,18,20). The molecule has 2 aromatic carbocycles. The highest BCUT2D eigenvalue weighted by molar-refractivity contribution is 7.80. The van der Waals surface area contributed by atoms with Crippen LogP contribution in [-0.2, 0) is 18.0 Å². The molecule has 0 spiro atoms. The lowest BCUT2D eigenvalue weighted by Gasteiger charge is -2.07. The normalized spacial score (nSPS) is 10.5. The lowest BCUT2D eigenvalue weighted by molar-refractivity contribution is 0.102. The number of ether oxygens (including phenoxy) is 1. The third-order valence-electron chi connectivity index (χ3n) is 2.81. The number of halogens is 2. The van der Waals surface area contributed by atoms with E-state index in [4.69, 9.17) is 22.7 Å². The summed E-state index contributed by atoms with van der Waals surface area (Å²) >= 11 is 4.77. The van der Waals surface area contributed by atoms with Gasteiger partial charge in [-0.1, -0.05) is 42.5 Å². The predicted molar refractivity (Wildman–Crippen MR) is 77.2 cm³/mol. The van der Waals surface area contributed by atoms with Gasteiger partial charge in [0.05, 0.1) is 13.2 Å². The van der Waals surface area contributed by atoms with Crippen molar-refractivity contribution >= 4 is 17.2 Å². The number of benzene rings is 2. The number of hydrogen-bond donors (Lipinski definition) is 1. The van der Waals surface area contributed by atoms with Gasteiger partial charge in [-0.3, -0.25) is 0 Å². The Labute approximate surface area is 121 Å². The second-order valence-corrected chi connectivity index (χ2v) is 4.69. The molecule has 0 aliphatic heterocycles. The minimum atomic E-state index is -0.441. The summed E-state index contributed by atoms with van der Waals surface area (Å²) in [5.41, 5.74) is 6.70. The summed E-state index contributed by atoms with van der Waals surface area (Å²) in [4.78, 5) is 0.141. The molecule has 0 unspecified atom stereocenters. The van der Waals surface area contributed by atoms with E-state index >= 15 is 0 Å². The first-order valence-electron chi connectivity index (χ1n) is 5.97. The van der Waals surface area contributed by atoms with E-state index in [1.807, 2.05) is 0 Å². The van der Waals surface area contributed by atoms with Crippen molar-refractivity contribution in [3.05, 3.63) is 70.8 Å². The van der Waals surface area contributed by atoms with E-state index in [0.717, 1.165) is 0 Å². The second-order valence-electron chi connectivity index (χ2n) is 4.25. The van der Waals surface area contributed by atoms with Crippen LogP contribution in [0.15, 0.2) is 42.5 Å². The molecule has 0 atom stereocenters. The molecule has 2 rings (SSSR count). The molecular formula is C15H13F2NOS. The van der Waals surface area contributed by atoms with Crippen molar-refractivity contribution in [2.45, 2.75) is 13.2 Å². The van der Waals surface area contributed by atoms with Gasteiger partial charge in [0.25, 0.3) is 0 Å². The van der Waals surface area contributed by atoms with Crippen LogP contribution in [0.25, 0.3) is 0 Å². The van der Waals surface area contributed by atoms with Crippen LogP contribution in [0.5, 0.6) is 0 Å². The van der Waals surface area contributed by atoms with E-state index in [1.165, 1.54) is 12.1 Å². The summed E-state index contributed by atoms with van der Waals surface area (Å²) in [6, 6.07) is 10.8. The van der Waals surface area contributed by atoms with Crippen LogP contribution < -0.4 is 5.73 Å². The Morgan fingerprint density at radius 1 is 1.00 bits per heavy atom. The third kappa shape index (κ3) is 3.59. The fourth-order valence-corrected chi connectivity index (χ4v) is 1.83. The molecule has 0 aliphatic carbocycles. The van der Waals surface area contributed by atoms with Gasteiger partial charge in [0.1, 0.15) is 16.6 Å². The molecule has 0 saturated carbocycles. The van der Waals surface area contributed by atoms with Gasteiger partial charge in [0.2, 0.25) is 0 Å². The molecule has 20 heavy (non-hydrogen) atoms. The van der Waals surface area contributed by atoms with Crippen molar-refractivity contribution in [3.63, 3.8) is 0 Å². The van der Waals surface area contributed by atoms with E-state index in [1.54, 1.807) is 30.3 Å². The Bertz CT molecular complexity index is 631. The summed E-state index contributed by atoms with van der Waals surface area (Å²) < 4.78 is 32.4. The number of thiocarbonyl (C=S) groups is 1. The van der Waals surface area contributed by atoms with Crippen LogP contribution in [-0.4, -0.2) is 4.99 Å². The average Bonchev–Trinajstić information content (AvgIpc) is 2.42. The van der Waals surface area contributed by atoms with Crippen molar-refractivity contribution < 1.29 is 13.5 Å². The Morgan fingerprint density at radius 2 is 1.65 bits per heavy atom. The van der Waals surface area contributed by atoms with Crippen molar-refractivity contribution in [2.75, 3.05) is 0 Å². The SMILES string of the molecule is NC(=S)c1ccc(COCc2ccccc2F)c(F)c1. The van der Waals surface area contributed by atoms with Crippen LogP contribution in [0.1, 0.15) is 16.7 Å². The average molecular weight is 293 g/mol. The summed E-state index contributed by atoms with van der Waals surface area (Å²) in [5.74, 6) is -0.777. The summed E-state index contributed by atoms with van der Waals surface area (Å²) in [7, 11) is 0. The molecule has 0 fully saturated rings. The highest BCUT2D eigenvalue weighted by atomic mass is 32.1. The molecule has 2 N–H and O–H groups in total. The Hall–Kier alpha value is -1.85. The van der Waals surface area contributed by atoms with E-state index < -0.39 is 5.82 Å². The van der Waals surface area contributed by atoms with Crippen LogP contribution in [0.4, 0.5) is 8.78 Å². The summed E-state index contributed by atoms with van der Waals surface area (Å²) in [6.07, 6.45) is 0. The highest BCUT2D eigenvalue weighted by Gasteiger charge is 2.06. The Kier molecular flexibility index (Phi) is 4.76. The maximum Gasteiger partial charge on any atom is 0.129 e. The minimum Gasteiger partial charge on any atom is -0.389 e. The van der Waals surface area contributed by atoms with Gasteiger partial charge in [0.15, 0.2) is 0 Å². The smallest absolute Gasteiger partial charge is 0.129 e. The van der Waals surface area contributed by atoms with Crippen molar-refractivity contribution in [1.29, 1.82) is 0 Å². The maximum atomic E-state index is 13.7. The fourth-order valence-electron chi connectivity index (χ4n) is 1.70. The maximum absolute atomic E-state index is 13.7. The predicted octanol–water partition coefficient (Wildman–Crippen LogP) is 3.32. The molecule has 2 aromatic rings. The third-order valence-corrected chi connectivity index (χ3v) is 3.05. The molecule has 0 heterocycles. The molecule has 0 aromatic heterocycles. The van der Waals surface area contributed by atoms with Gasteiger partial charge in [-0.15, -0.1) is 0 Å². The molecule has 0 amide bonds. The van der Waals surface area contributed by atoms with Crippen LogP contribution in [0, 0.1) is 11.6 Å². The molecule has 0 radical (unpaired) electrons. The zero-order chi connectivity index (χ0) is 14.5. The van der Waals surface area contributed by atoms with Crippen molar-refractivity contribution in [3.8, 4) is 0 Å². The first-order chi connectivity index (χ1) is 9.58. The lowest BCUT2D eigenvalue weighted by Crippen LogP contribution is -2.10. The lowest BCUT2D eigenvalue weighted by atomic mass is 10.1. The van der Waals surface area contributed by atoms with Crippen LogP contribution in [0.3, 0.4) is 0 Å². The van der Waals surface area contributed by atoms with Gasteiger partial charge in [0, 0.05) is 16.7 Å². The molecule has 2 nitrogen and oxygen atoms in total. The molecule has 0 saturated heterocycles. The molecular weight excluding hydrogens is 280 g/mol. The van der Waals surface area contributed by atoms with Gasteiger partial charge < -0.3 is 10.5 Å². The quantitative estimate of drug-likeness (QED) is 0.859. The Balaban J connectivity index is 1.98. The van der Waals surface area contributed by atoms with E-state index in [9.17, 15) is 8.78 Å². The Morgan fingerprint density at radius 3 is 2.25 bits per heavy atom. The van der Waals surface area contributed by atoms with Crippen LogP contribution in [0.2, 0.25) is 0 Å². The second kappa shape index (κ2) is 6.54. The zero-order valence-corrected chi connectivity index (χ0v) is 11.4. The van der Waals surface area contributed by atoms with E-state index in [-0.39, 0.29) is 24.0 Å². The monoisotopic (exact) mass is 293 g/mol. The largest absolute Gasteiger partial charge is 0.389 e. The molecule has 0 bridgehead atoms.